The van der Waals surface area contributed by atoms with Crippen LogP contribution in [0.2, 0.25) is 0 Å². The molecule has 124 valence electrons. The van der Waals surface area contributed by atoms with Crippen molar-refractivity contribution >= 4 is 15.9 Å². The molecule has 1 aliphatic rings. The molecule has 1 aliphatic heterocycles. The predicted molar refractivity (Wildman–Crippen MR) is 85.5 cm³/mol. The van der Waals surface area contributed by atoms with Crippen molar-refractivity contribution in [3.63, 3.8) is 0 Å². The first-order chi connectivity index (χ1) is 9.94. The number of hydrogen-bond acceptors (Lipinski definition) is 3. The van der Waals surface area contributed by atoms with Crippen LogP contribution in [0, 0.1) is 5.92 Å². The average Bonchev–Trinajstić information content (AvgIpc) is 2.47. The molecule has 0 saturated carbocycles. The number of nitrogens with one attached hydrogen (secondary N) is 1. The van der Waals surface area contributed by atoms with Crippen LogP contribution in [0.15, 0.2) is 0 Å². The molecule has 1 rings (SSSR count). The van der Waals surface area contributed by atoms with Gasteiger partial charge in [0.1, 0.15) is 0 Å². The summed E-state index contributed by atoms with van der Waals surface area (Å²) in [5.41, 5.74) is 0. The Bertz CT molecular complexity index is 411. The van der Waals surface area contributed by atoms with Crippen LogP contribution >= 0.6 is 0 Å². The van der Waals surface area contributed by atoms with E-state index in [-0.39, 0.29) is 23.6 Å². The second-order valence-electron chi connectivity index (χ2n) is 5.86. The molecule has 0 unspecified atom stereocenters. The lowest BCUT2D eigenvalue weighted by molar-refractivity contribution is -0.126. The van der Waals surface area contributed by atoms with E-state index in [1.807, 2.05) is 20.8 Å². The van der Waals surface area contributed by atoms with E-state index in [2.05, 4.69) is 5.32 Å². The highest BCUT2D eigenvalue weighted by atomic mass is 32.2. The second-order valence-corrected chi connectivity index (χ2v) is 7.95. The van der Waals surface area contributed by atoms with Gasteiger partial charge in [0.25, 0.3) is 0 Å². The first kappa shape index (κ1) is 18.4. The average molecular weight is 318 g/mol. The van der Waals surface area contributed by atoms with Crippen molar-refractivity contribution in [1.29, 1.82) is 0 Å². The van der Waals surface area contributed by atoms with E-state index in [4.69, 9.17) is 0 Å². The number of piperidine rings is 1. The molecule has 0 aliphatic carbocycles. The molecule has 1 amide bonds. The first-order valence-corrected chi connectivity index (χ1v) is 9.83. The van der Waals surface area contributed by atoms with Gasteiger partial charge in [0.15, 0.2) is 0 Å². The van der Waals surface area contributed by atoms with E-state index in [1.165, 1.54) is 0 Å². The number of carbonyl (C=O) groups is 1. The fourth-order valence-corrected chi connectivity index (χ4v) is 4.39. The third kappa shape index (κ3) is 5.58. The van der Waals surface area contributed by atoms with Crippen LogP contribution in [0.1, 0.15) is 59.3 Å². The minimum absolute atomic E-state index is 0.0799. The molecule has 0 spiro atoms. The Hall–Kier alpha value is -0.620. The Morgan fingerprint density at radius 1 is 1.19 bits per heavy atom. The Morgan fingerprint density at radius 2 is 1.76 bits per heavy atom. The molecule has 21 heavy (non-hydrogen) atoms. The van der Waals surface area contributed by atoms with Crippen molar-refractivity contribution in [2.45, 2.75) is 65.3 Å². The molecule has 0 bridgehead atoms. The number of unbranched alkanes of at least 4 members (excludes halogenated alkanes) is 1. The summed E-state index contributed by atoms with van der Waals surface area (Å²) in [6.45, 7) is 7.10. The van der Waals surface area contributed by atoms with E-state index in [0.29, 0.717) is 19.5 Å². The Kier molecular flexibility index (Phi) is 7.66. The zero-order valence-electron chi connectivity index (χ0n) is 13.6. The van der Waals surface area contributed by atoms with Gasteiger partial charge in [-0.25, -0.2) is 12.7 Å². The highest BCUT2D eigenvalue weighted by Gasteiger charge is 2.28. The molecule has 0 aromatic carbocycles. The molecule has 1 saturated heterocycles. The largest absolute Gasteiger partial charge is 0.353 e. The number of carbonyl (C=O) groups excluding carboxylic acids is 1. The summed E-state index contributed by atoms with van der Waals surface area (Å²) in [5, 5.41) is 3.08. The standard InChI is InChI=1S/C15H30N2O3S/c1-4-7-12-21(19,20)17-10-8-14(9-11-17)16-15(18)13(5-2)6-3/h13-14H,4-12H2,1-3H3,(H,16,18). The lowest BCUT2D eigenvalue weighted by Gasteiger charge is -2.32. The van der Waals surface area contributed by atoms with Gasteiger partial charge in [-0.3, -0.25) is 4.79 Å². The van der Waals surface area contributed by atoms with Gasteiger partial charge in [-0.05, 0) is 32.1 Å². The van der Waals surface area contributed by atoms with E-state index >= 15 is 0 Å². The Labute approximate surface area is 129 Å². The first-order valence-electron chi connectivity index (χ1n) is 8.22. The van der Waals surface area contributed by atoms with Gasteiger partial charge in [-0.15, -0.1) is 0 Å². The maximum atomic E-state index is 12.1. The monoisotopic (exact) mass is 318 g/mol. The van der Waals surface area contributed by atoms with Crippen molar-refractivity contribution in [1.82, 2.24) is 9.62 Å². The van der Waals surface area contributed by atoms with Crippen molar-refractivity contribution in [3.8, 4) is 0 Å². The minimum Gasteiger partial charge on any atom is -0.353 e. The Balaban J connectivity index is 2.43. The summed E-state index contributed by atoms with van der Waals surface area (Å²) in [6.07, 6.45) is 4.75. The van der Waals surface area contributed by atoms with Crippen LogP contribution in [0.25, 0.3) is 0 Å². The van der Waals surface area contributed by atoms with E-state index in [1.54, 1.807) is 4.31 Å². The van der Waals surface area contributed by atoms with Crippen LogP contribution in [0.4, 0.5) is 0 Å². The maximum Gasteiger partial charge on any atom is 0.223 e. The van der Waals surface area contributed by atoms with Crippen LogP contribution in [0.5, 0.6) is 0 Å². The zero-order chi connectivity index (χ0) is 15.9. The molecule has 0 radical (unpaired) electrons. The van der Waals surface area contributed by atoms with E-state index < -0.39 is 10.0 Å². The van der Waals surface area contributed by atoms with Gasteiger partial charge in [0.05, 0.1) is 5.75 Å². The third-order valence-corrected chi connectivity index (χ3v) is 6.26. The van der Waals surface area contributed by atoms with Crippen molar-refractivity contribution < 1.29 is 13.2 Å². The molecular formula is C15H30N2O3S. The summed E-state index contributed by atoms with van der Waals surface area (Å²) < 4.78 is 25.8. The van der Waals surface area contributed by atoms with E-state index in [9.17, 15) is 13.2 Å². The number of hydrogen-bond donors (Lipinski definition) is 1. The van der Waals surface area contributed by atoms with Crippen molar-refractivity contribution in [2.24, 2.45) is 5.92 Å². The SMILES string of the molecule is CCCCS(=O)(=O)N1CCC(NC(=O)C(CC)CC)CC1. The molecule has 0 aromatic heterocycles. The number of amides is 1. The summed E-state index contributed by atoms with van der Waals surface area (Å²) in [5.74, 6) is 0.442. The molecule has 5 nitrogen and oxygen atoms in total. The van der Waals surface area contributed by atoms with Crippen LogP contribution in [-0.4, -0.2) is 43.5 Å². The van der Waals surface area contributed by atoms with Gasteiger partial charge in [-0.2, -0.15) is 0 Å². The molecule has 1 N–H and O–H groups in total. The summed E-state index contributed by atoms with van der Waals surface area (Å²) in [6, 6.07) is 0.121. The van der Waals surface area contributed by atoms with Crippen LogP contribution < -0.4 is 5.32 Å². The predicted octanol–water partition coefficient (Wildman–Crippen LogP) is 2.13. The zero-order valence-corrected chi connectivity index (χ0v) is 14.4. The summed E-state index contributed by atoms with van der Waals surface area (Å²) >= 11 is 0. The highest BCUT2D eigenvalue weighted by Crippen LogP contribution is 2.17. The van der Waals surface area contributed by atoms with Crippen LogP contribution in [0.3, 0.4) is 0 Å². The summed E-state index contributed by atoms with van der Waals surface area (Å²) in [4.78, 5) is 12.1. The van der Waals surface area contributed by atoms with Crippen molar-refractivity contribution in [3.05, 3.63) is 0 Å². The van der Waals surface area contributed by atoms with Gasteiger partial charge in [0, 0.05) is 25.0 Å². The van der Waals surface area contributed by atoms with Crippen LogP contribution in [-0.2, 0) is 14.8 Å². The lowest BCUT2D eigenvalue weighted by atomic mass is 10.0. The Morgan fingerprint density at radius 3 is 2.24 bits per heavy atom. The smallest absolute Gasteiger partial charge is 0.223 e. The number of rotatable bonds is 8. The molecule has 1 fully saturated rings. The maximum absolute atomic E-state index is 12.1. The fourth-order valence-electron chi connectivity index (χ4n) is 2.71. The highest BCUT2D eigenvalue weighted by molar-refractivity contribution is 7.89. The lowest BCUT2D eigenvalue weighted by Crippen LogP contribution is -2.48. The van der Waals surface area contributed by atoms with Gasteiger partial charge in [0.2, 0.25) is 15.9 Å². The molecule has 0 atom stereocenters. The van der Waals surface area contributed by atoms with Gasteiger partial charge >= 0.3 is 0 Å². The quantitative estimate of drug-likeness (QED) is 0.745. The molecule has 6 heteroatoms. The fraction of sp³-hybridized carbons (Fsp3) is 0.933. The number of sulfonamides is 1. The summed E-state index contributed by atoms with van der Waals surface area (Å²) in [7, 11) is -3.10. The molecular weight excluding hydrogens is 288 g/mol. The topological polar surface area (TPSA) is 66.5 Å². The second kappa shape index (κ2) is 8.73. The van der Waals surface area contributed by atoms with Gasteiger partial charge in [-0.1, -0.05) is 27.2 Å². The van der Waals surface area contributed by atoms with E-state index in [0.717, 1.165) is 32.1 Å². The van der Waals surface area contributed by atoms with Crippen molar-refractivity contribution in [2.75, 3.05) is 18.8 Å². The molecule has 0 aromatic rings. The third-order valence-electron chi connectivity index (χ3n) is 4.31. The number of nitrogens with zero attached hydrogens (tertiary/aromatic N) is 1. The minimum atomic E-state index is -3.10. The molecule has 1 heterocycles. The normalized spacial score (nSPS) is 18.1. The van der Waals surface area contributed by atoms with Gasteiger partial charge < -0.3 is 5.32 Å².